The van der Waals surface area contributed by atoms with Crippen molar-refractivity contribution in [1.82, 2.24) is 15.2 Å². The van der Waals surface area contributed by atoms with Crippen LogP contribution in [0.25, 0.3) is 10.9 Å². The molecule has 136 valence electrons. The summed E-state index contributed by atoms with van der Waals surface area (Å²) in [5.41, 5.74) is 1.85. The lowest BCUT2D eigenvalue weighted by atomic mass is 9.88. The number of likely N-dealkylation sites (tertiary alicyclic amines) is 1. The van der Waals surface area contributed by atoms with Crippen molar-refractivity contribution >= 4 is 22.7 Å². The molecule has 3 aromatic rings. The monoisotopic (exact) mass is 361 g/mol. The van der Waals surface area contributed by atoms with E-state index < -0.39 is 0 Å². The summed E-state index contributed by atoms with van der Waals surface area (Å²) < 4.78 is 4.98. The molecular weight excluding hydrogens is 342 g/mol. The van der Waals surface area contributed by atoms with Crippen LogP contribution in [0.15, 0.2) is 59.5 Å². The molecule has 1 saturated carbocycles. The standard InChI is InChI=1S/C21H19N3O3/c25-19(16-5-9-27-13-16)23-21(6-7-21)17-11-24(12-17)20(26)15-4-3-14-2-1-8-22-18(14)10-15/h1-5,8-10,13,17H,6-7,11-12H2,(H,23,25). The van der Waals surface area contributed by atoms with Crippen LogP contribution in [0.5, 0.6) is 0 Å². The summed E-state index contributed by atoms with van der Waals surface area (Å²) >= 11 is 0. The van der Waals surface area contributed by atoms with Crippen LogP contribution in [-0.2, 0) is 0 Å². The van der Waals surface area contributed by atoms with Gasteiger partial charge in [-0.15, -0.1) is 0 Å². The summed E-state index contributed by atoms with van der Waals surface area (Å²) in [6, 6.07) is 11.2. The first-order valence-electron chi connectivity index (χ1n) is 9.13. The van der Waals surface area contributed by atoms with E-state index in [0.29, 0.717) is 30.1 Å². The zero-order valence-corrected chi connectivity index (χ0v) is 14.7. The van der Waals surface area contributed by atoms with E-state index in [0.717, 1.165) is 23.7 Å². The molecule has 1 saturated heterocycles. The summed E-state index contributed by atoms with van der Waals surface area (Å²) in [4.78, 5) is 31.2. The Kier molecular flexibility index (Phi) is 3.53. The van der Waals surface area contributed by atoms with Crippen molar-refractivity contribution in [2.24, 2.45) is 5.92 Å². The average molecular weight is 361 g/mol. The van der Waals surface area contributed by atoms with Crippen molar-refractivity contribution in [3.05, 3.63) is 66.2 Å². The fourth-order valence-corrected chi connectivity index (χ4v) is 3.84. The van der Waals surface area contributed by atoms with Gasteiger partial charge in [-0.3, -0.25) is 14.6 Å². The molecule has 2 aromatic heterocycles. The molecular formula is C21H19N3O3. The maximum Gasteiger partial charge on any atom is 0.254 e. The third kappa shape index (κ3) is 2.77. The Hall–Kier alpha value is -3.15. The molecule has 0 radical (unpaired) electrons. The smallest absolute Gasteiger partial charge is 0.254 e. The normalized spacial score (nSPS) is 18.1. The van der Waals surface area contributed by atoms with Crippen molar-refractivity contribution in [3.63, 3.8) is 0 Å². The number of rotatable bonds is 4. The molecule has 2 amide bonds. The summed E-state index contributed by atoms with van der Waals surface area (Å²) in [7, 11) is 0. The number of hydrogen-bond donors (Lipinski definition) is 1. The Morgan fingerprint density at radius 1 is 1.15 bits per heavy atom. The molecule has 1 N–H and O–H groups in total. The number of nitrogens with zero attached hydrogens (tertiary/aromatic N) is 2. The number of carbonyl (C=O) groups excluding carboxylic acids is 2. The minimum absolute atomic E-state index is 0.0239. The van der Waals surface area contributed by atoms with Gasteiger partial charge in [-0.25, -0.2) is 0 Å². The van der Waals surface area contributed by atoms with Gasteiger partial charge in [0.1, 0.15) is 6.26 Å². The van der Waals surface area contributed by atoms with Crippen LogP contribution in [0, 0.1) is 5.92 Å². The van der Waals surface area contributed by atoms with Gasteiger partial charge in [0, 0.05) is 41.7 Å². The largest absolute Gasteiger partial charge is 0.472 e. The number of fused-ring (bicyclic) bond motifs is 1. The van der Waals surface area contributed by atoms with Crippen LogP contribution in [0.3, 0.4) is 0 Å². The molecule has 2 fully saturated rings. The summed E-state index contributed by atoms with van der Waals surface area (Å²) in [5, 5.41) is 4.17. The molecule has 0 spiro atoms. The average Bonchev–Trinajstić information content (AvgIpc) is 3.19. The van der Waals surface area contributed by atoms with Gasteiger partial charge in [0.2, 0.25) is 0 Å². The highest BCUT2D eigenvalue weighted by molar-refractivity contribution is 5.98. The van der Waals surface area contributed by atoms with Crippen molar-refractivity contribution in [2.45, 2.75) is 18.4 Å². The van der Waals surface area contributed by atoms with Crippen molar-refractivity contribution in [2.75, 3.05) is 13.1 Å². The molecule has 1 aromatic carbocycles. The number of benzene rings is 1. The van der Waals surface area contributed by atoms with Gasteiger partial charge in [-0.05, 0) is 37.1 Å². The summed E-state index contributed by atoms with van der Waals surface area (Å²) in [6.45, 7) is 1.34. The van der Waals surface area contributed by atoms with Crippen molar-refractivity contribution < 1.29 is 14.0 Å². The lowest BCUT2D eigenvalue weighted by molar-refractivity contribution is 0.0384. The number of carbonyl (C=O) groups is 2. The molecule has 0 bridgehead atoms. The highest BCUT2D eigenvalue weighted by atomic mass is 16.3. The molecule has 2 aliphatic rings. The van der Waals surface area contributed by atoms with E-state index in [1.54, 1.807) is 12.3 Å². The highest BCUT2D eigenvalue weighted by Crippen LogP contribution is 2.46. The van der Waals surface area contributed by atoms with E-state index in [-0.39, 0.29) is 17.4 Å². The Bertz CT molecular complexity index is 1020. The Labute approximate surface area is 156 Å². The van der Waals surface area contributed by atoms with Gasteiger partial charge < -0.3 is 14.6 Å². The van der Waals surface area contributed by atoms with Gasteiger partial charge in [-0.1, -0.05) is 12.1 Å². The third-order valence-corrected chi connectivity index (χ3v) is 5.74. The van der Waals surface area contributed by atoms with E-state index in [1.165, 1.54) is 12.5 Å². The Balaban J connectivity index is 1.24. The van der Waals surface area contributed by atoms with Gasteiger partial charge in [0.25, 0.3) is 11.8 Å². The quantitative estimate of drug-likeness (QED) is 0.775. The Morgan fingerprint density at radius 3 is 2.74 bits per heavy atom. The van der Waals surface area contributed by atoms with Crippen LogP contribution < -0.4 is 5.32 Å². The molecule has 0 atom stereocenters. The van der Waals surface area contributed by atoms with Gasteiger partial charge in [0.15, 0.2) is 0 Å². The lowest BCUT2D eigenvalue weighted by Crippen LogP contribution is -2.59. The maximum atomic E-state index is 12.8. The fourth-order valence-electron chi connectivity index (χ4n) is 3.84. The number of furan rings is 1. The molecule has 1 aliphatic heterocycles. The number of amides is 2. The van der Waals surface area contributed by atoms with E-state index in [2.05, 4.69) is 10.3 Å². The molecule has 27 heavy (non-hydrogen) atoms. The highest BCUT2D eigenvalue weighted by Gasteiger charge is 2.55. The minimum atomic E-state index is -0.171. The molecule has 5 rings (SSSR count). The van der Waals surface area contributed by atoms with Crippen LogP contribution in [0.4, 0.5) is 0 Å². The Morgan fingerprint density at radius 2 is 2.00 bits per heavy atom. The molecule has 1 aliphatic carbocycles. The number of hydrogen-bond acceptors (Lipinski definition) is 4. The minimum Gasteiger partial charge on any atom is -0.472 e. The maximum absolute atomic E-state index is 12.8. The van der Waals surface area contributed by atoms with Gasteiger partial charge >= 0.3 is 0 Å². The van der Waals surface area contributed by atoms with Crippen LogP contribution in [-0.4, -0.2) is 40.3 Å². The summed E-state index contributed by atoms with van der Waals surface area (Å²) in [6.07, 6.45) is 6.61. The first kappa shape index (κ1) is 16.1. The zero-order valence-electron chi connectivity index (χ0n) is 14.7. The second kappa shape index (κ2) is 5.94. The second-order valence-corrected chi connectivity index (χ2v) is 7.44. The van der Waals surface area contributed by atoms with Crippen LogP contribution in [0.1, 0.15) is 33.6 Å². The van der Waals surface area contributed by atoms with Crippen LogP contribution >= 0.6 is 0 Å². The molecule has 6 heteroatoms. The van der Waals surface area contributed by atoms with E-state index in [9.17, 15) is 9.59 Å². The fraction of sp³-hybridized carbons (Fsp3) is 0.286. The second-order valence-electron chi connectivity index (χ2n) is 7.44. The van der Waals surface area contributed by atoms with Crippen molar-refractivity contribution in [3.8, 4) is 0 Å². The van der Waals surface area contributed by atoms with Crippen LogP contribution in [0.2, 0.25) is 0 Å². The van der Waals surface area contributed by atoms with Gasteiger partial charge in [0.05, 0.1) is 17.3 Å². The number of pyridine rings is 1. The summed E-state index contributed by atoms with van der Waals surface area (Å²) in [5.74, 6) is 0.221. The SMILES string of the molecule is O=C(NC1(C2CN(C(=O)c3ccc4cccnc4c3)C2)CC1)c1ccoc1. The molecule has 3 heterocycles. The van der Waals surface area contributed by atoms with E-state index in [4.69, 9.17) is 4.42 Å². The first-order valence-corrected chi connectivity index (χ1v) is 9.13. The number of aromatic nitrogens is 1. The topological polar surface area (TPSA) is 75.4 Å². The van der Waals surface area contributed by atoms with Gasteiger partial charge in [-0.2, -0.15) is 0 Å². The predicted molar refractivity (Wildman–Crippen MR) is 99.3 cm³/mol. The lowest BCUT2D eigenvalue weighted by Gasteiger charge is -2.44. The predicted octanol–water partition coefficient (Wildman–Crippen LogP) is 2.86. The van der Waals surface area contributed by atoms with E-state index in [1.807, 2.05) is 35.2 Å². The molecule has 0 unspecified atom stereocenters. The molecule has 6 nitrogen and oxygen atoms in total. The zero-order chi connectivity index (χ0) is 18.4. The first-order chi connectivity index (χ1) is 13.1. The number of nitrogens with one attached hydrogen (secondary N) is 1. The third-order valence-electron chi connectivity index (χ3n) is 5.74. The van der Waals surface area contributed by atoms with E-state index >= 15 is 0 Å². The van der Waals surface area contributed by atoms with Crippen molar-refractivity contribution in [1.29, 1.82) is 0 Å².